The van der Waals surface area contributed by atoms with Crippen LogP contribution in [0.3, 0.4) is 0 Å². The van der Waals surface area contributed by atoms with Gasteiger partial charge in [0.1, 0.15) is 5.82 Å². The smallest absolute Gasteiger partial charge is 0.127 e. The van der Waals surface area contributed by atoms with E-state index in [1.807, 2.05) is 26.1 Å². The van der Waals surface area contributed by atoms with E-state index < -0.39 is 0 Å². The maximum Gasteiger partial charge on any atom is 0.127 e. The van der Waals surface area contributed by atoms with Crippen LogP contribution < -0.4 is 5.73 Å². The SMILES string of the molecule is CC(c1ccccc1F)N(C)CC1CCC(CN)O1. The van der Waals surface area contributed by atoms with Gasteiger partial charge < -0.3 is 10.5 Å². The number of rotatable bonds is 5. The average Bonchev–Trinajstić information content (AvgIpc) is 2.86. The number of halogens is 1. The molecule has 1 saturated heterocycles. The number of hydrogen-bond acceptors (Lipinski definition) is 3. The van der Waals surface area contributed by atoms with E-state index in [0.29, 0.717) is 6.54 Å². The van der Waals surface area contributed by atoms with Gasteiger partial charge in [0.2, 0.25) is 0 Å². The molecule has 1 heterocycles. The third-order valence-electron chi connectivity index (χ3n) is 3.97. The number of nitrogens with zero attached hydrogens (tertiary/aromatic N) is 1. The van der Waals surface area contributed by atoms with Crippen LogP contribution in [0.5, 0.6) is 0 Å². The molecule has 3 unspecified atom stereocenters. The number of ether oxygens (including phenoxy) is 1. The van der Waals surface area contributed by atoms with Crippen molar-refractivity contribution in [2.45, 2.75) is 38.0 Å². The molecular weight excluding hydrogens is 243 g/mol. The lowest BCUT2D eigenvalue weighted by Crippen LogP contribution is -2.32. The zero-order valence-corrected chi connectivity index (χ0v) is 11.7. The van der Waals surface area contributed by atoms with E-state index >= 15 is 0 Å². The third kappa shape index (κ3) is 3.53. The summed E-state index contributed by atoms with van der Waals surface area (Å²) >= 11 is 0. The predicted molar refractivity (Wildman–Crippen MR) is 74.4 cm³/mol. The Morgan fingerprint density at radius 3 is 2.68 bits per heavy atom. The van der Waals surface area contributed by atoms with Crippen LogP contribution in [0.25, 0.3) is 0 Å². The van der Waals surface area contributed by atoms with Crippen LogP contribution in [0.2, 0.25) is 0 Å². The molecular formula is C15H23FN2O. The fourth-order valence-electron chi connectivity index (χ4n) is 2.62. The monoisotopic (exact) mass is 266 g/mol. The van der Waals surface area contributed by atoms with Gasteiger partial charge in [-0.3, -0.25) is 4.90 Å². The van der Waals surface area contributed by atoms with Crippen LogP contribution in [0.15, 0.2) is 24.3 Å². The van der Waals surface area contributed by atoms with Crippen LogP contribution in [0, 0.1) is 5.82 Å². The van der Waals surface area contributed by atoms with E-state index in [4.69, 9.17) is 10.5 Å². The lowest BCUT2D eigenvalue weighted by molar-refractivity contribution is 0.0251. The number of benzene rings is 1. The molecule has 0 aliphatic carbocycles. The molecule has 0 spiro atoms. The Morgan fingerprint density at radius 2 is 2.05 bits per heavy atom. The normalized spacial score (nSPS) is 24.9. The molecule has 1 aromatic carbocycles. The van der Waals surface area contributed by atoms with E-state index in [1.165, 1.54) is 6.07 Å². The molecule has 1 aliphatic heterocycles. The highest BCUT2D eigenvalue weighted by atomic mass is 19.1. The molecule has 0 bridgehead atoms. The van der Waals surface area contributed by atoms with Gasteiger partial charge in [0.15, 0.2) is 0 Å². The first-order chi connectivity index (χ1) is 9.11. The first kappa shape index (κ1) is 14.4. The lowest BCUT2D eigenvalue weighted by Gasteiger charge is -2.28. The highest BCUT2D eigenvalue weighted by Crippen LogP contribution is 2.25. The molecule has 3 nitrogen and oxygen atoms in total. The Labute approximate surface area is 114 Å². The van der Waals surface area contributed by atoms with E-state index in [0.717, 1.165) is 24.9 Å². The van der Waals surface area contributed by atoms with Crippen molar-refractivity contribution in [2.24, 2.45) is 5.73 Å². The van der Waals surface area contributed by atoms with Gasteiger partial charge in [-0.25, -0.2) is 4.39 Å². The zero-order valence-electron chi connectivity index (χ0n) is 11.7. The molecule has 0 amide bonds. The molecule has 0 aromatic heterocycles. The van der Waals surface area contributed by atoms with E-state index in [-0.39, 0.29) is 24.1 Å². The summed E-state index contributed by atoms with van der Waals surface area (Å²) in [5.74, 6) is -0.144. The molecule has 0 radical (unpaired) electrons. The van der Waals surface area contributed by atoms with Gasteiger partial charge >= 0.3 is 0 Å². The summed E-state index contributed by atoms with van der Waals surface area (Å²) in [5, 5.41) is 0. The van der Waals surface area contributed by atoms with Crippen molar-refractivity contribution in [1.82, 2.24) is 4.90 Å². The molecule has 19 heavy (non-hydrogen) atoms. The highest BCUT2D eigenvalue weighted by Gasteiger charge is 2.26. The van der Waals surface area contributed by atoms with Gasteiger partial charge in [-0.2, -0.15) is 0 Å². The Kier molecular flexibility index (Phi) is 4.91. The fourth-order valence-corrected chi connectivity index (χ4v) is 2.62. The first-order valence-corrected chi connectivity index (χ1v) is 6.92. The summed E-state index contributed by atoms with van der Waals surface area (Å²) in [7, 11) is 2.01. The van der Waals surface area contributed by atoms with Crippen LogP contribution in [-0.2, 0) is 4.74 Å². The second-order valence-electron chi connectivity index (χ2n) is 5.33. The summed E-state index contributed by atoms with van der Waals surface area (Å²) < 4.78 is 19.6. The van der Waals surface area contributed by atoms with Crippen molar-refractivity contribution in [3.63, 3.8) is 0 Å². The summed E-state index contributed by atoms with van der Waals surface area (Å²) in [6.07, 6.45) is 2.48. The molecule has 1 fully saturated rings. The molecule has 1 aliphatic rings. The summed E-state index contributed by atoms with van der Waals surface area (Å²) in [6, 6.07) is 6.99. The maximum atomic E-state index is 13.8. The van der Waals surface area contributed by atoms with Gasteiger partial charge in [0.25, 0.3) is 0 Å². The third-order valence-corrected chi connectivity index (χ3v) is 3.97. The molecule has 1 aromatic rings. The van der Waals surface area contributed by atoms with Gasteiger partial charge in [0.05, 0.1) is 12.2 Å². The molecule has 106 valence electrons. The topological polar surface area (TPSA) is 38.5 Å². The molecule has 2 rings (SSSR count). The summed E-state index contributed by atoms with van der Waals surface area (Å²) in [4.78, 5) is 2.14. The lowest BCUT2D eigenvalue weighted by atomic mass is 10.1. The van der Waals surface area contributed by atoms with Crippen molar-refractivity contribution in [2.75, 3.05) is 20.1 Å². The maximum absolute atomic E-state index is 13.8. The predicted octanol–water partition coefficient (Wildman–Crippen LogP) is 2.32. The van der Waals surface area contributed by atoms with Crippen LogP contribution >= 0.6 is 0 Å². The minimum Gasteiger partial charge on any atom is -0.372 e. The molecule has 3 atom stereocenters. The second kappa shape index (κ2) is 6.46. The van der Waals surface area contributed by atoms with Crippen molar-refractivity contribution in [1.29, 1.82) is 0 Å². The van der Waals surface area contributed by atoms with Gasteiger partial charge in [0, 0.05) is 24.7 Å². The highest BCUT2D eigenvalue weighted by molar-refractivity contribution is 5.20. The van der Waals surface area contributed by atoms with E-state index in [1.54, 1.807) is 6.07 Å². The Bertz CT molecular complexity index is 413. The number of likely N-dealkylation sites (N-methyl/N-ethyl adjacent to an activating group) is 1. The molecule has 0 saturated carbocycles. The van der Waals surface area contributed by atoms with Gasteiger partial charge in [-0.15, -0.1) is 0 Å². The molecule has 4 heteroatoms. The fraction of sp³-hybridized carbons (Fsp3) is 0.600. The van der Waals surface area contributed by atoms with E-state index in [9.17, 15) is 4.39 Å². The van der Waals surface area contributed by atoms with Gasteiger partial charge in [-0.1, -0.05) is 18.2 Å². The summed E-state index contributed by atoms with van der Waals surface area (Å²) in [6.45, 7) is 3.42. The molecule has 2 N–H and O–H groups in total. The van der Waals surface area contributed by atoms with Crippen molar-refractivity contribution in [3.05, 3.63) is 35.6 Å². The number of nitrogens with two attached hydrogens (primary N) is 1. The van der Waals surface area contributed by atoms with Crippen LogP contribution in [0.4, 0.5) is 4.39 Å². The largest absolute Gasteiger partial charge is 0.372 e. The van der Waals surface area contributed by atoms with Crippen molar-refractivity contribution in [3.8, 4) is 0 Å². The quantitative estimate of drug-likeness (QED) is 0.889. The number of hydrogen-bond donors (Lipinski definition) is 1. The Hall–Kier alpha value is -0.970. The van der Waals surface area contributed by atoms with Crippen molar-refractivity contribution >= 4 is 0 Å². The second-order valence-corrected chi connectivity index (χ2v) is 5.33. The Morgan fingerprint density at radius 1 is 1.37 bits per heavy atom. The minimum atomic E-state index is -0.144. The van der Waals surface area contributed by atoms with Crippen LogP contribution in [-0.4, -0.2) is 37.2 Å². The standard InChI is InChI=1S/C15H23FN2O/c1-11(14-5-3-4-6-15(14)16)18(2)10-13-8-7-12(9-17)19-13/h3-6,11-13H,7-10,17H2,1-2H3. The van der Waals surface area contributed by atoms with Crippen molar-refractivity contribution < 1.29 is 9.13 Å². The average molecular weight is 266 g/mol. The van der Waals surface area contributed by atoms with Gasteiger partial charge in [-0.05, 0) is 32.9 Å². The van der Waals surface area contributed by atoms with E-state index in [2.05, 4.69) is 4.90 Å². The zero-order chi connectivity index (χ0) is 13.8. The summed E-state index contributed by atoms with van der Waals surface area (Å²) in [5.41, 5.74) is 6.34. The Balaban J connectivity index is 1.93. The minimum absolute atomic E-state index is 0.0433. The first-order valence-electron chi connectivity index (χ1n) is 6.92. The van der Waals surface area contributed by atoms with Crippen LogP contribution in [0.1, 0.15) is 31.4 Å².